The number of anilines is 1. The van der Waals surface area contributed by atoms with Crippen LogP contribution in [-0.2, 0) is 6.42 Å². The summed E-state index contributed by atoms with van der Waals surface area (Å²) in [5.74, 6) is 0.341. The van der Waals surface area contributed by atoms with Crippen LogP contribution in [0.15, 0.2) is 18.2 Å². The molecule has 0 bridgehead atoms. The van der Waals surface area contributed by atoms with Crippen LogP contribution in [-0.4, -0.2) is 12.0 Å². The molecule has 18 heavy (non-hydrogen) atoms. The van der Waals surface area contributed by atoms with E-state index in [1.54, 1.807) is 6.92 Å². The van der Waals surface area contributed by atoms with Crippen molar-refractivity contribution in [3.63, 3.8) is 0 Å². The summed E-state index contributed by atoms with van der Waals surface area (Å²) in [4.78, 5) is 4.55. The smallest absolute Gasteiger partial charge is 0.128 e. The van der Waals surface area contributed by atoms with Gasteiger partial charge in [-0.2, -0.15) is 0 Å². The third-order valence-corrected chi connectivity index (χ3v) is 3.03. The van der Waals surface area contributed by atoms with Crippen LogP contribution in [0.4, 0.5) is 10.1 Å². The first-order valence-electron chi connectivity index (χ1n) is 6.28. The van der Waals surface area contributed by atoms with Crippen LogP contribution in [0.5, 0.6) is 0 Å². The summed E-state index contributed by atoms with van der Waals surface area (Å²) in [7, 11) is 1.88. The van der Waals surface area contributed by atoms with Crippen LogP contribution < -0.4 is 5.32 Å². The molecule has 0 aliphatic carbocycles. The van der Waals surface area contributed by atoms with Crippen LogP contribution >= 0.6 is 0 Å². The van der Waals surface area contributed by atoms with E-state index in [0.29, 0.717) is 11.5 Å². The van der Waals surface area contributed by atoms with Crippen LogP contribution in [0, 0.1) is 18.7 Å². The Morgan fingerprint density at radius 1 is 1.28 bits per heavy atom. The Balaban J connectivity index is 2.63. The normalized spacial score (nSPS) is 11.2. The number of benzene rings is 1. The number of aryl methyl sites for hydroxylation is 1. The molecule has 0 radical (unpaired) electrons. The van der Waals surface area contributed by atoms with Crippen molar-refractivity contribution in [3.8, 4) is 0 Å². The molecule has 0 fully saturated rings. The summed E-state index contributed by atoms with van der Waals surface area (Å²) in [6, 6.07) is 5.43. The van der Waals surface area contributed by atoms with Gasteiger partial charge in [0.05, 0.1) is 5.52 Å². The zero-order valence-corrected chi connectivity index (χ0v) is 11.3. The zero-order chi connectivity index (χ0) is 13.3. The van der Waals surface area contributed by atoms with Crippen LogP contribution in [0.25, 0.3) is 10.9 Å². The van der Waals surface area contributed by atoms with E-state index in [0.717, 1.165) is 28.7 Å². The Morgan fingerprint density at radius 3 is 2.61 bits per heavy atom. The minimum absolute atomic E-state index is 0.196. The van der Waals surface area contributed by atoms with E-state index >= 15 is 0 Å². The van der Waals surface area contributed by atoms with Crippen molar-refractivity contribution in [1.29, 1.82) is 0 Å². The maximum Gasteiger partial charge on any atom is 0.128 e. The Bertz CT molecular complexity index is 576. The Kier molecular flexibility index (Phi) is 3.50. The van der Waals surface area contributed by atoms with Crippen molar-refractivity contribution >= 4 is 16.6 Å². The van der Waals surface area contributed by atoms with E-state index in [1.807, 2.05) is 13.1 Å². The van der Waals surface area contributed by atoms with Gasteiger partial charge >= 0.3 is 0 Å². The SMILES string of the molecule is CNc1cc(CC(C)C)nc2cc(F)c(C)cc12. The van der Waals surface area contributed by atoms with Gasteiger partial charge < -0.3 is 5.32 Å². The highest BCUT2D eigenvalue weighted by molar-refractivity contribution is 5.92. The second kappa shape index (κ2) is 4.92. The second-order valence-corrected chi connectivity index (χ2v) is 5.13. The molecule has 0 atom stereocenters. The molecule has 2 aromatic rings. The fourth-order valence-electron chi connectivity index (χ4n) is 2.14. The molecule has 1 aromatic heterocycles. The van der Waals surface area contributed by atoms with Crippen molar-refractivity contribution < 1.29 is 4.39 Å². The summed E-state index contributed by atoms with van der Waals surface area (Å²) in [6.07, 6.45) is 0.903. The van der Waals surface area contributed by atoms with Gasteiger partial charge in [-0.05, 0) is 37.0 Å². The van der Waals surface area contributed by atoms with Crippen molar-refractivity contribution in [2.45, 2.75) is 27.2 Å². The molecule has 1 aromatic carbocycles. The lowest BCUT2D eigenvalue weighted by atomic mass is 10.0. The highest BCUT2D eigenvalue weighted by atomic mass is 19.1. The first-order chi connectivity index (χ1) is 8.51. The van der Waals surface area contributed by atoms with Gasteiger partial charge in [-0.15, -0.1) is 0 Å². The molecule has 0 aliphatic rings. The predicted molar refractivity (Wildman–Crippen MR) is 74.5 cm³/mol. The third-order valence-electron chi connectivity index (χ3n) is 3.03. The second-order valence-electron chi connectivity index (χ2n) is 5.13. The number of nitrogens with zero attached hydrogens (tertiary/aromatic N) is 1. The molecule has 0 unspecified atom stereocenters. The van der Waals surface area contributed by atoms with E-state index in [1.165, 1.54) is 6.07 Å². The predicted octanol–water partition coefficient (Wildman–Crippen LogP) is 3.92. The number of nitrogens with one attached hydrogen (secondary N) is 1. The highest BCUT2D eigenvalue weighted by Crippen LogP contribution is 2.26. The van der Waals surface area contributed by atoms with Crippen LogP contribution in [0.3, 0.4) is 0 Å². The fraction of sp³-hybridized carbons (Fsp3) is 0.400. The van der Waals surface area contributed by atoms with Crippen LogP contribution in [0.2, 0.25) is 0 Å². The maximum absolute atomic E-state index is 13.6. The topological polar surface area (TPSA) is 24.9 Å². The number of halogens is 1. The van der Waals surface area contributed by atoms with Gasteiger partial charge in [0.25, 0.3) is 0 Å². The lowest BCUT2D eigenvalue weighted by Gasteiger charge is -2.11. The van der Waals surface area contributed by atoms with Gasteiger partial charge in [-0.25, -0.2) is 4.39 Å². The number of fused-ring (bicyclic) bond motifs is 1. The van der Waals surface area contributed by atoms with Crippen molar-refractivity contribution in [2.75, 3.05) is 12.4 Å². The van der Waals surface area contributed by atoms with Gasteiger partial charge in [-0.3, -0.25) is 4.98 Å². The average Bonchev–Trinajstić information content (AvgIpc) is 2.29. The summed E-state index contributed by atoms with van der Waals surface area (Å²) >= 11 is 0. The van der Waals surface area contributed by atoms with Gasteiger partial charge in [0.2, 0.25) is 0 Å². The molecule has 0 saturated heterocycles. The summed E-state index contributed by atoms with van der Waals surface area (Å²) in [5.41, 5.74) is 3.39. The minimum Gasteiger partial charge on any atom is -0.388 e. The Hall–Kier alpha value is -1.64. The summed E-state index contributed by atoms with van der Waals surface area (Å²) in [5, 5.41) is 4.14. The van der Waals surface area contributed by atoms with E-state index in [2.05, 4.69) is 30.2 Å². The lowest BCUT2D eigenvalue weighted by molar-refractivity contribution is 0.619. The summed E-state index contributed by atoms with van der Waals surface area (Å²) < 4.78 is 13.6. The Morgan fingerprint density at radius 2 is 2.00 bits per heavy atom. The largest absolute Gasteiger partial charge is 0.388 e. The first-order valence-corrected chi connectivity index (χ1v) is 6.28. The lowest BCUT2D eigenvalue weighted by Crippen LogP contribution is -2.01. The standard InChI is InChI=1S/C15H19FN2/c1-9(2)5-11-7-14(17-4)12-6-10(3)13(16)8-15(12)18-11/h6-9H,5H2,1-4H3,(H,17,18). The molecule has 1 heterocycles. The molecule has 2 nitrogen and oxygen atoms in total. The minimum atomic E-state index is -0.196. The molecule has 0 amide bonds. The number of rotatable bonds is 3. The molecule has 1 N–H and O–H groups in total. The molecule has 0 aliphatic heterocycles. The number of pyridine rings is 1. The monoisotopic (exact) mass is 246 g/mol. The van der Waals surface area contributed by atoms with Gasteiger partial charge in [0, 0.05) is 29.9 Å². The molecular weight excluding hydrogens is 227 g/mol. The van der Waals surface area contributed by atoms with Crippen molar-refractivity contribution in [3.05, 3.63) is 35.3 Å². The van der Waals surface area contributed by atoms with E-state index in [-0.39, 0.29) is 5.82 Å². The van der Waals surface area contributed by atoms with E-state index in [9.17, 15) is 4.39 Å². The Labute approximate surface area is 107 Å². The van der Waals surface area contributed by atoms with E-state index in [4.69, 9.17) is 0 Å². The maximum atomic E-state index is 13.6. The number of aromatic nitrogens is 1. The quantitative estimate of drug-likeness (QED) is 0.887. The van der Waals surface area contributed by atoms with Crippen molar-refractivity contribution in [2.24, 2.45) is 5.92 Å². The van der Waals surface area contributed by atoms with Gasteiger partial charge in [0.1, 0.15) is 5.82 Å². The van der Waals surface area contributed by atoms with Gasteiger partial charge in [0.15, 0.2) is 0 Å². The molecule has 0 saturated carbocycles. The van der Waals surface area contributed by atoms with E-state index < -0.39 is 0 Å². The van der Waals surface area contributed by atoms with Gasteiger partial charge in [-0.1, -0.05) is 13.8 Å². The van der Waals surface area contributed by atoms with Crippen molar-refractivity contribution in [1.82, 2.24) is 4.98 Å². The average molecular weight is 246 g/mol. The molecule has 0 spiro atoms. The fourth-order valence-corrected chi connectivity index (χ4v) is 2.14. The molecule has 96 valence electrons. The summed E-state index contributed by atoms with van der Waals surface area (Å²) in [6.45, 7) is 6.08. The third kappa shape index (κ3) is 2.45. The molecule has 3 heteroatoms. The number of hydrogen-bond donors (Lipinski definition) is 1. The highest BCUT2D eigenvalue weighted by Gasteiger charge is 2.09. The van der Waals surface area contributed by atoms with Crippen LogP contribution in [0.1, 0.15) is 25.1 Å². The zero-order valence-electron chi connectivity index (χ0n) is 11.3. The molecule has 2 rings (SSSR count). The molecular formula is C15H19FN2. The number of hydrogen-bond acceptors (Lipinski definition) is 2. The first kappa shape index (κ1) is 12.8.